The van der Waals surface area contributed by atoms with Gasteiger partial charge in [0.2, 0.25) is 0 Å². The SMILES string of the molecule is CCc1ccccc1C(=O)C(Br)CBr. The van der Waals surface area contributed by atoms with E-state index >= 15 is 0 Å². The zero-order valence-corrected chi connectivity index (χ0v) is 11.1. The molecule has 0 amide bonds. The van der Waals surface area contributed by atoms with Crippen molar-refractivity contribution in [3.63, 3.8) is 0 Å². The molecule has 0 aliphatic rings. The van der Waals surface area contributed by atoms with Crippen LogP contribution in [0.2, 0.25) is 0 Å². The summed E-state index contributed by atoms with van der Waals surface area (Å²) in [7, 11) is 0. The number of carbonyl (C=O) groups is 1. The highest BCUT2D eigenvalue weighted by atomic mass is 79.9. The van der Waals surface area contributed by atoms with E-state index in [4.69, 9.17) is 0 Å². The van der Waals surface area contributed by atoms with E-state index in [-0.39, 0.29) is 10.6 Å². The summed E-state index contributed by atoms with van der Waals surface area (Å²) in [6, 6.07) is 7.76. The maximum atomic E-state index is 11.9. The smallest absolute Gasteiger partial charge is 0.177 e. The normalized spacial score (nSPS) is 12.5. The highest BCUT2D eigenvalue weighted by molar-refractivity contribution is 9.12. The van der Waals surface area contributed by atoms with Gasteiger partial charge >= 0.3 is 0 Å². The molecule has 0 saturated heterocycles. The highest BCUT2D eigenvalue weighted by Gasteiger charge is 2.17. The molecule has 1 aromatic carbocycles. The van der Waals surface area contributed by atoms with Gasteiger partial charge < -0.3 is 0 Å². The summed E-state index contributed by atoms with van der Waals surface area (Å²) < 4.78 is 0. The van der Waals surface area contributed by atoms with Gasteiger partial charge in [0.1, 0.15) is 0 Å². The Morgan fingerprint density at radius 3 is 2.64 bits per heavy atom. The van der Waals surface area contributed by atoms with Crippen LogP contribution in [0.25, 0.3) is 0 Å². The minimum absolute atomic E-state index is 0.129. The number of hydrogen-bond acceptors (Lipinski definition) is 1. The molecular formula is C11H12Br2O. The van der Waals surface area contributed by atoms with Gasteiger partial charge in [0.25, 0.3) is 0 Å². The monoisotopic (exact) mass is 318 g/mol. The van der Waals surface area contributed by atoms with Crippen LogP contribution in [0.3, 0.4) is 0 Å². The minimum atomic E-state index is -0.129. The first-order valence-corrected chi connectivity index (χ1v) is 6.56. The largest absolute Gasteiger partial charge is 0.293 e. The fraction of sp³-hybridized carbons (Fsp3) is 0.364. The Bertz CT molecular complexity index is 323. The van der Waals surface area contributed by atoms with Crippen molar-refractivity contribution in [1.29, 1.82) is 0 Å². The maximum Gasteiger partial charge on any atom is 0.177 e. The van der Waals surface area contributed by atoms with E-state index in [1.54, 1.807) is 0 Å². The van der Waals surface area contributed by atoms with E-state index in [2.05, 4.69) is 38.8 Å². The van der Waals surface area contributed by atoms with Gasteiger partial charge in [-0.15, -0.1) is 0 Å². The van der Waals surface area contributed by atoms with E-state index in [0.717, 1.165) is 17.5 Å². The molecule has 0 heterocycles. The summed E-state index contributed by atoms with van der Waals surface area (Å²) in [6.45, 7) is 2.06. The van der Waals surface area contributed by atoms with Gasteiger partial charge in [-0.1, -0.05) is 63.0 Å². The van der Waals surface area contributed by atoms with E-state index < -0.39 is 0 Å². The molecule has 14 heavy (non-hydrogen) atoms. The third kappa shape index (κ3) is 2.67. The number of Topliss-reactive ketones (excluding diaryl/α,β-unsaturated/α-hetero) is 1. The Kier molecular flexibility index (Phi) is 4.82. The number of benzene rings is 1. The van der Waals surface area contributed by atoms with Crippen LogP contribution in [0, 0.1) is 0 Å². The number of aryl methyl sites for hydroxylation is 1. The first-order chi connectivity index (χ1) is 6.70. The lowest BCUT2D eigenvalue weighted by atomic mass is 10.0. The highest BCUT2D eigenvalue weighted by Crippen LogP contribution is 2.16. The van der Waals surface area contributed by atoms with Gasteiger partial charge in [0.05, 0.1) is 4.83 Å². The number of rotatable bonds is 4. The molecule has 0 bridgehead atoms. The molecule has 0 N–H and O–H groups in total. The molecule has 0 spiro atoms. The molecule has 0 radical (unpaired) electrons. The molecule has 0 aromatic heterocycles. The van der Waals surface area contributed by atoms with Crippen molar-refractivity contribution in [1.82, 2.24) is 0 Å². The molecule has 0 fully saturated rings. The number of hydrogen-bond donors (Lipinski definition) is 0. The van der Waals surface area contributed by atoms with Crippen molar-refractivity contribution < 1.29 is 4.79 Å². The van der Waals surface area contributed by atoms with Crippen LogP contribution >= 0.6 is 31.9 Å². The van der Waals surface area contributed by atoms with Crippen molar-refractivity contribution in [2.24, 2.45) is 0 Å². The zero-order chi connectivity index (χ0) is 10.6. The Balaban J connectivity index is 3.00. The van der Waals surface area contributed by atoms with Crippen molar-refractivity contribution in [2.75, 3.05) is 5.33 Å². The van der Waals surface area contributed by atoms with Gasteiger partial charge in [-0.25, -0.2) is 0 Å². The van der Waals surface area contributed by atoms with Gasteiger partial charge in [-0.05, 0) is 12.0 Å². The molecule has 1 aromatic rings. The zero-order valence-electron chi connectivity index (χ0n) is 7.97. The van der Waals surface area contributed by atoms with Crippen LogP contribution in [0.1, 0.15) is 22.8 Å². The second-order valence-electron chi connectivity index (χ2n) is 3.00. The first-order valence-electron chi connectivity index (χ1n) is 4.52. The van der Waals surface area contributed by atoms with Crippen LogP contribution in [0.5, 0.6) is 0 Å². The number of halogens is 2. The van der Waals surface area contributed by atoms with Crippen LogP contribution in [-0.4, -0.2) is 15.9 Å². The second-order valence-corrected chi connectivity index (χ2v) is 4.75. The Hall–Kier alpha value is -0.150. The Labute approximate surface area is 101 Å². The fourth-order valence-electron chi connectivity index (χ4n) is 1.31. The number of ketones is 1. The summed E-state index contributed by atoms with van der Waals surface area (Å²) >= 11 is 6.64. The summed E-state index contributed by atoms with van der Waals surface area (Å²) in [5.41, 5.74) is 1.94. The first kappa shape index (κ1) is 11.9. The third-order valence-electron chi connectivity index (χ3n) is 2.08. The van der Waals surface area contributed by atoms with Crippen LogP contribution in [0.15, 0.2) is 24.3 Å². The maximum absolute atomic E-state index is 11.9. The quantitative estimate of drug-likeness (QED) is 0.612. The summed E-state index contributed by atoms with van der Waals surface area (Å²) in [6.07, 6.45) is 0.893. The molecule has 1 nitrogen and oxygen atoms in total. The van der Waals surface area contributed by atoms with Crippen molar-refractivity contribution in [3.05, 3.63) is 35.4 Å². The molecule has 3 heteroatoms. The van der Waals surface area contributed by atoms with E-state index in [9.17, 15) is 4.79 Å². The lowest BCUT2D eigenvalue weighted by Gasteiger charge is -2.09. The fourth-order valence-corrected chi connectivity index (χ4v) is 1.85. The lowest BCUT2D eigenvalue weighted by molar-refractivity contribution is 0.0996. The lowest BCUT2D eigenvalue weighted by Crippen LogP contribution is -2.17. The predicted molar refractivity (Wildman–Crippen MR) is 66.7 cm³/mol. The Morgan fingerprint density at radius 1 is 1.43 bits per heavy atom. The third-order valence-corrected chi connectivity index (χ3v) is 4.34. The number of carbonyl (C=O) groups excluding carboxylic acids is 1. The molecule has 0 aliphatic heterocycles. The second kappa shape index (κ2) is 5.66. The van der Waals surface area contributed by atoms with Gasteiger partial charge in [-0.2, -0.15) is 0 Å². The average Bonchev–Trinajstić information content (AvgIpc) is 2.26. The number of alkyl halides is 2. The van der Waals surface area contributed by atoms with E-state index in [1.165, 1.54) is 0 Å². The molecule has 76 valence electrons. The van der Waals surface area contributed by atoms with Crippen LogP contribution in [-0.2, 0) is 6.42 Å². The summed E-state index contributed by atoms with van der Waals surface area (Å²) in [4.78, 5) is 11.7. The topological polar surface area (TPSA) is 17.1 Å². The van der Waals surface area contributed by atoms with Crippen molar-refractivity contribution in [3.8, 4) is 0 Å². The van der Waals surface area contributed by atoms with E-state index in [0.29, 0.717) is 5.33 Å². The van der Waals surface area contributed by atoms with Gasteiger partial charge in [-0.3, -0.25) is 4.79 Å². The van der Waals surface area contributed by atoms with Crippen molar-refractivity contribution >= 4 is 37.6 Å². The standard InChI is InChI=1S/C11H12Br2O/c1-2-8-5-3-4-6-9(8)11(14)10(13)7-12/h3-6,10H,2,7H2,1H3. The Morgan fingerprint density at radius 2 is 2.07 bits per heavy atom. The molecule has 1 atom stereocenters. The van der Waals surface area contributed by atoms with E-state index in [1.807, 2.05) is 24.3 Å². The summed E-state index contributed by atoms with van der Waals surface area (Å²) in [5, 5.41) is 0.643. The van der Waals surface area contributed by atoms with Gasteiger partial charge in [0.15, 0.2) is 5.78 Å². The average molecular weight is 320 g/mol. The molecule has 1 unspecified atom stereocenters. The molecular weight excluding hydrogens is 308 g/mol. The molecule has 0 aliphatic carbocycles. The molecule has 0 saturated carbocycles. The minimum Gasteiger partial charge on any atom is -0.293 e. The van der Waals surface area contributed by atoms with Crippen LogP contribution < -0.4 is 0 Å². The van der Waals surface area contributed by atoms with Crippen LogP contribution in [0.4, 0.5) is 0 Å². The van der Waals surface area contributed by atoms with Gasteiger partial charge in [0, 0.05) is 10.9 Å². The predicted octanol–water partition coefficient (Wildman–Crippen LogP) is 3.59. The van der Waals surface area contributed by atoms with Crippen molar-refractivity contribution in [2.45, 2.75) is 18.2 Å². The summed E-state index contributed by atoms with van der Waals surface area (Å²) in [5.74, 6) is 0.152. The molecule has 1 rings (SSSR count).